The summed E-state index contributed by atoms with van der Waals surface area (Å²) in [6.07, 6.45) is 1.35. The highest BCUT2D eigenvalue weighted by Crippen LogP contribution is 2.37. The molecule has 0 unspecified atom stereocenters. The van der Waals surface area contributed by atoms with Gasteiger partial charge in [0.2, 0.25) is 0 Å². The molecule has 0 atom stereocenters. The molecule has 2 aromatic rings. The topological polar surface area (TPSA) is 96.0 Å². The second-order valence-corrected chi connectivity index (χ2v) is 4.37. The highest BCUT2D eigenvalue weighted by molar-refractivity contribution is 6.05. The lowest BCUT2D eigenvalue weighted by atomic mass is 10.2. The molecule has 7 nitrogen and oxygen atoms in total. The van der Waals surface area contributed by atoms with E-state index < -0.39 is 0 Å². The first-order chi connectivity index (χ1) is 10.6. The lowest BCUT2D eigenvalue weighted by Gasteiger charge is -2.14. The van der Waals surface area contributed by atoms with E-state index in [9.17, 15) is 4.79 Å². The highest BCUT2D eigenvalue weighted by Gasteiger charge is 2.16. The van der Waals surface area contributed by atoms with Crippen LogP contribution >= 0.6 is 0 Å². The summed E-state index contributed by atoms with van der Waals surface area (Å²) in [5, 5.41) is 2.74. The summed E-state index contributed by atoms with van der Waals surface area (Å²) in [6, 6.07) is 4.84. The van der Waals surface area contributed by atoms with Crippen molar-refractivity contribution in [3.63, 3.8) is 0 Å². The molecule has 3 N–H and O–H groups in total. The maximum absolute atomic E-state index is 12.2. The summed E-state index contributed by atoms with van der Waals surface area (Å²) in [5.41, 5.74) is 6.29. The summed E-state index contributed by atoms with van der Waals surface area (Å²) in [6.45, 7) is 0.229. The lowest BCUT2D eigenvalue weighted by Crippen LogP contribution is -2.12. The van der Waals surface area contributed by atoms with Gasteiger partial charge < -0.3 is 29.7 Å². The van der Waals surface area contributed by atoms with Crippen LogP contribution in [0.5, 0.6) is 17.2 Å². The summed E-state index contributed by atoms with van der Waals surface area (Å²) in [5.74, 6) is 1.63. The van der Waals surface area contributed by atoms with Crippen LogP contribution in [0.1, 0.15) is 16.1 Å². The number of rotatable bonds is 6. The molecule has 0 aliphatic carbocycles. The number of hydrogen-bond donors (Lipinski definition) is 2. The number of anilines is 1. The average molecular weight is 306 g/mol. The smallest absolute Gasteiger partial charge is 0.259 e. The van der Waals surface area contributed by atoms with Gasteiger partial charge in [-0.1, -0.05) is 0 Å². The fraction of sp³-hybridized carbons (Fsp3) is 0.267. The van der Waals surface area contributed by atoms with Crippen LogP contribution in [0.15, 0.2) is 28.9 Å². The van der Waals surface area contributed by atoms with Crippen molar-refractivity contribution in [3.05, 3.63) is 35.8 Å². The fourth-order valence-corrected chi connectivity index (χ4v) is 1.93. The number of carbonyl (C=O) groups excluding carboxylic acids is 1. The second kappa shape index (κ2) is 6.86. The van der Waals surface area contributed by atoms with E-state index in [2.05, 4.69) is 5.32 Å². The van der Waals surface area contributed by atoms with Crippen LogP contribution < -0.4 is 25.3 Å². The normalized spacial score (nSPS) is 10.2. The Labute approximate surface area is 127 Å². The first-order valence-electron chi connectivity index (χ1n) is 6.51. The van der Waals surface area contributed by atoms with Gasteiger partial charge in [-0.3, -0.25) is 4.79 Å². The maximum atomic E-state index is 12.2. The molecule has 0 aliphatic heterocycles. The van der Waals surface area contributed by atoms with Gasteiger partial charge in [-0.05, 0) is 6.07 Å². The van der Waals surface area contributed by atoms with Crippen molar-refractivity contribution in [2.24, 2.45) is 5.73 Å². The van der Waals surface area contributed by atoms with Gasteiger partial charge in [0.1, 0.15) is 17.8 Å². The molecule has 7 heteroatoms. The second-order valence-electron chi connectivity index (χ2n) is 4.37. The molecule has 1 amide bonds. The Morgan fingerprint density at radius 2 is 1.73 bits per heavy atom. The highest BCUT2D eigenvalue weighted by atomic mass is 16.5. The number of benzene rings is 1. The monoisotopic (exact) mass is 306 g/mol. The molecule has 0 saturated carbocycles. The molecular weight excluding hydrogens is 288 g/mol. The minimum absolute atomic E-state index is 0.229. The van der Waals surface area contributed by atoms with Crippen LogP contribution in [0.2, 0.25) is 0 Å². The summed E-state index contributed by atoms with van der Waals surface area (Å²) < 4.78 is 20.8. The number of hydrogen-bond acceptors (Lipinski definition) is 6. The first kappa shape index (κ1) is 15.7. The largest absolute Gasteiger partial charge is 0.494 e. The molecule has 1 aromatic heterocycles. The third-order valence-electron chi connectivity index (χ3n) is 3.07. The zero-order valence-electron chi connectivity index (χ0n) is 12.6. The van der Waals surface area contributed by atoms with Crippen molar-refractivity contribution < 1.29 is 23.4 Å². The zero-order valence-corrected chi connectivity index (χ0v) is 12.6. The predicted molar refractivity (Wildman–Crippen MR) is 80.7 cm³/mol. The number of carbonyl (C=O) groups is 1. The predicted octanol–water partition coefficient (Wildman–Crippen LogP) is 2.02. The van der Waals surface area contributed by atoms with Gasteiger partial charge in [-0.2, -0.15) is 0 Å². The number of methoxy groups -OCH3 is 3. The third-order valence-corrected chi connectivity index (χ3v) is 3.07. The number of amides is 1. The Kier molecular flexibility index (Phi) is 4.90. The molecule has 1 aromatic carbocycles. The van der Waals surface area contributed by atoms with Gasteiger partial charge in [0.05, 0.1) is 39.1 Å². The molecule has 22 heavy (non-hydrogen) atoms. The van der Waals surface area contributed by atoms with Crippen LogP contribution in [-0.4, -0.2) is 27.2 Å². The quantitative estimate of drug-likeness (QED) is 0.847. The molecule has 1 heterocycles. The van der Waals surface area contributed by atoms with Gasteiger partial charge in [0, 0.05) is 12.1 Å². The lowest BCUT2D eigenvalue weighted by molar-refractivity contribution is 0.102. The average Bonchev–Trinajstić information content (AvgIpc) is 3.03. The van der Waals surface area contributed by atoms with E-state index in [0.29, 0.717) is 34.3 Å². The summed E-state index contributed by atoms with van der Waals surface area (Å²) >= 11 is 0. The van der Waals surface area contributed by atoms with Crippen LogP contribution in [-0.2, 0) is 6.54 Å². The Morgan fingerprint density at radius 1 is 1.09 bits per heavy atom. The van der Waals surface area contributed by atoms with Crippen LogP contribution in [0.25, 0.3) is 0 Å². The summed E-state index contributed by atoms with van der Waals surface area (Å²) in [7, 11) is 4.54. The Balaban J connectivity index is 2.29. The van der Waals surface area contributed by atoms with E-state index >= 15 is 0 Å². The molecular formula is C15H18N2O5. The molecule has 0 fully saturated rings. The molecule has 0 radical (unpaired) electrons. The minimum Gasteiger partial charge on any atom is -0.494 e. The standard InChI is InChI=1S/C15H18N2O5/c1-19-12-6-14(21-3)13(20-2)5-11(12)17-15(18)9-4-10(7-16)22-8-9/h4-6,8H,7,16H2,1-3H3,(H,17,18). The molecule has 0 saturated heterocycles. The van der Waals surface area contributed by atoms with Crippen molar-refractivity contribution >= 4 is 11.6 Å². The van der Waals surface area contributed by atoms with Gasteiger partial charge in [-0.25, -0.2) is 0 Å². The zero-order chi connectivity index (χ0) is 16.1. The van der Waals surface area contributed by atoms with Crippen molar-refractivity contribution in [2.45, 2.75) is 6.54 Å². The van der Waals surface area contributed by atoms with E-state index in [-0.39, 0.29) is 12.5 Å². The first-order valence-corrected chi connectivity index (χ1v) is 6.51. The number of nitrogens with two attached hydrogens (primary N) is 1. The van der Waals surface area contributed by atoms with Gasteiger partial charge in [0.25, 0.3) is 5.91 Å². The van der Waals surface area contributed by atoms with E-state index in [4.69, 9.17) is 24.4 Å². The van der Waals surface area contributed by atoms with Crippen molar-refractivity contribution in [3.8, 4) is 17.2 Å². The Hall–Kier alpha value is -2.67. The third kappa shape index (κ3) is 3.15. The van der Waals surface area contributed by atoms with Gasteiger partial charge in [-0.15, -0.1) is 0 Å². The van der Waals surface area contributed by atoms with Gasteiger partial charge >= 0.3 is 0 Å². The van der Waals surface area contributed by atoms with Crippen molar-refractivity contribution in [2.75, 3.05) is 26.6 Å². The van der Waals surface area contributed by atoms with Crippen LogP contribution in [0, 0.1) is 0 Å². The number of ether oxygens (including phenoxy) is 3. The SMILES string of the molecule is COc1cc(OC)c(OC)cc1NC(=O)c1coc(CN)c1. The molecule has 0 aliphatic rings. The molecule has 0 spiro atoms. The Morgan fingerprint density at radius 3 is 2.27 bits per heavy atom. The molecule has 118 valence electrons. The van der Waals surface area contributed by atoms with Crippen LogP contribution in [0.4, 0.5) is 5.69 Å². The number of furan rings is 1. The Bertz CT molecular complexity index is 666. The minimum atomic E-state index is -0.339. The number of nitrogens with one attached hydrogen (secondary N) is 1. The van der Waals surface area contributed by atoms with E-state index in [1.807, 2.05) is 0 Å². The van der Waals surface area contributed by atoms with Gasteiger partial charge in [0.15, 0.2) is 11.5 Å². The fourth-order valence-electron chi connectivity index (χ4n) is 1.93. The molecule has 2 rings (SSSR count). The van der Waals surface area contributed by atoms with E-state index in [1.54, 1.807) is 18.2 Å². The van der Waals surface area contributed by atoms with Crippen LogP contribution in [0.3, 0.4) is 0 Å². The van der Waals surface area contributed by atoms with E-state index in [1.165, 1.54) is 27.6 Å². The molecule has 0 bridgehead atoms. The maximum Gasteiger partial charge on any atom is 0.259 e. The van der Waals surface area contributed by atoms with Crippen molar-refractivity contribution in [1.29, 1.82) is 0 Å². The van der Waals surface area contributed by atoms with E-state index in [0.717, 1.165) is 0 Å². The summed E-state index contributed by atoms with van der Waals surface area (Å²) in [4.78, 5) is 12.2. The van der Waals surface area contributed by atoms with Crippen molar-refractivity contribution in [1.82, 2.24) is 0 Å².